The number of halogens is 3. The summed E-state index contributed by atoms with van der Waals surface area (Å²) in [5, 5.41) is 2.97. The Morgan fingerprint density at radius 1 is 1.39 bits per heavy atom. The molecule has 1 saturated carbocycles. The van der Waals surface area contributed by atoms with Crippen molar-refractivity contribution in [2.75, 3.05) is 11.1 Å². The van der Waals surface area contributed by atoms with Gasteiger partial charge < -0.3 is 11.1 Å². The van der Waals surface area contributed by atoms with Crippen LogP contribution < -0.4 is 11.1 Å². The highest BCUT2D eigenvalue weighted by atomic mass is 19.4. The van der Waals surface area contributed by atoms with Gasteiger partial charge in [0.15, 0.2) is 5.69 Å². The minimum Gasteiger partial charge on any atom is -0.368 e. The van der Waals surface area contributed by atoms with Crippen molar-refractivity contribution < 1.29 is 13.2 Å². The molecular formula is C11H15F3N4. The third kappa shape index (κ3) is 2.83. The van der Waals surface area contributed by atoms with Crippen molar-refractivity contribution in [3.63, 3.8) is 0 Å². The van der Waals surface area contributed by atoms with E-state index in [0.29, 0.717) is 5.92 Å². The van der Waals surface area contributed by atoms with Gasteiger partial charge in [-0.2, -0.15) is 18.2 Å². The molecular weight excluding hydrogens is 245 g/mol. The van der Waals surface area contributed by atoms with Crippen LogP contribution in [0.5, 0.6) is 0 Å². The van der Waals surface area contributed by atoms with E-state index in [1.165, 1.54) is 6.42 Å². The van der Waals surface area contributed by atoms with Crippen molar-refractivity contribution in [1.29, 1.82) is 0 Å². The predicted molar refractivity (Wildman–Crippen MR) is 61.9 cm³/mol. The molecule has 1 aromatic heterocycles. The number of aromatic nitrogens is 2. The van der Waals surface area contributed by atoms with Crippen molar-refractivity contribution in [3.05, 3.63) is 11.8 Å². The summed E-state index contributed by atoms with van der Waals surface area (Å²) in [6, 6.07) is 0.986. The van der Waals surface area contributed by atoms with Gasteiger partial charge in [-0.25, -0.2) is 4.98 Å². The van der Waals surface area contributed by atoms with Gasteiger partial charge in [0, 0.05) is 12.1 Å². The van der Waals surface area contributed by atoms with E-state index in [1.807, 2.05) is 6.92 Å². The minimum atomic E-state index is -4.51. The first-order chi connectivity index (χ1) is 8.36. The third-order valence-electron chi connectivity index (χ3n) is 3.27. The van der Waals surface area contributed by atoms with Crippen molar-refractivity contribution in [2.24, 2.45) is 5.92 Å². The molecule has 1 atom stereocenters. The average Bonchev–Trinajstić information content (AvgIpc) is 2.11. The number of nitrogen functional groups attached to an aromatic ring is 1. The number of alkyl halides is 3. The van der Waals surface area contributed by atoms with Gasteiger partial charge in [-0.15, -0.1) is 0 Å². The quantitative estimate of drug-likeness (QED) is 0.877. The number of hydrogen-bond donors (Lipinski definition) is 2. The number of anilines is 2. The summed E-state index contributed by atoms with van der Waals surface area (Å²) >= 11 is 0. The van der Waals surface area contributed by atoms with Gasteiger partial charge in [-0.05, 0) is 25.7 Å². The molecule has 1 unspecified atom stereocenters. The van der Waals surface area contributed by atoms with E-state index in [2.05, 4.69) is 15.3 Å². The Bertz CT molecular complexity index is 429. The zero-order valence-corrected chi connectivity index (χ0v) is 9.96. The van der Waals surface area contributed by atoms with Crippen LogP contribution in [0.15, 0.2) is 6.07 Å². The summed E-state index contributed by atoms with van der Waals surface area (Å²) in [4.78, 5) is 6.98. The van der Waals surface area contributed by atoms with E-state index in [4.69, 9.17) is 5.73 Å². The van der Waals surface area contributed by atoms with Crippen LogP contribution in [0.3, 0.4) is 0 Å². The van der Waals surface area contributed by atoms with E-state index in [-0.39, 0.29) is 17.8 Å². The van der Waals surface area contributed by atoms with Crippen molar-refractivity contribution in [1.82, 2.24) is 9.97 Å². The lowest BCUT2D eigenvalue weighted by Crippen LogP contribution is -2.31. The van der Waals surface area contributed by atoms with E-state index in [9.17, 15) is 13.2 Å². The Kier molecular flexibility index (Phi) is 3.32. The van der Waals surface area contributed by atoms with E-state index in [1.54, 1.807) is 0 Å². The van der Waals surface area contributed by atoms with Crippen LogP contribution >= 0.6 is 0 Å². The van der Waals surface area contributed by atoms with Gasteiger partial charge in [-0.3, -0.25) is 0 Å². The fourth-order valence-corrected chi connectivity index (χ4v) is 1.98. The lowest BCUT2D eigenvalue weighted by Gasteiger charge is -2.32. The molecule has 7 heteroatoms. The Hall–Kier alpha value is -1.53. The Morgan fingerprint density at radius 3 is 2.56 bits per heavy atom. The van der Waals surface area contributed by atoms with Crippen LogP contribution in [-0.2, 0) is 6.18 Å². The molecule has 1 fully saturated rings. The fourth-order valence-electron chi connectivity index (χ4n) is 1.98. The number of hydrogen-bond acceptors (Lipinski definition) is 4. The smallest absolute Gasteiger partial charge is 0.368 e. The van der Waals surface area contributed by atoms with Crippen LogP contribution in [0.4, 0.5) is 24.9 Å². The summed E-state index contributed by atoms with van der Waals surface area (Å²) in [6.07, 6.45) is -1.13. The Labute approximate surface area is 103 Å². The van der Waals surface area contributed by atoms with E-state index in [0.717, 1.165) is 18.9 Å². The molecule has 0 amide bonds. The van der Waals surface area contributed by atoms with Crippen molar-refractivity contribution in [2.45, 2.75) is 38.4 Å². The second-order valence-electron chi connectivity index (χ2n) is 4.62. The number of rotatable bonds is 3. The monoisotopic (exact) mass is 260 g/mol. The van der Waals surface area contributed by atoms with Crippen LogP contribution in [-0.4, -0.2) is 16.0 Å². The number of nitrogens with two attached hydrogens (primary N) is 1. The maximum atomic E-state index is 12.5. The fraction of sp³-hybridized carbons (Fsp3) is 0.636. The highest BCUT2D eigenvalue weighted by molar-refractivity contribution is 5.42. The molecule has 18 heavy (non-hydrogen) atoms. The molecule has 0 spiro atoms. The van der Waals surface area contributed by atoms with Crippen LogP contribution in [0.1, 0.15) is 31.9 Å². The van der Waals surface area contributed by atoms with E-state index >= 15 is 0 Å². The summed E-state index contributed by atoms with van der Waals surface area (Å²) in [5.74, 6) is 0.262. The van der Waals surface area contributed by atoms with Gasteiger partial charge in [0.2, 0.25) is 5.95 Å². The Morgan fingerprint density at radius 2 is 2.06 bits per heavy atom. The minimum absolute atomic E-state index is 0.0918. The van der Waals surface area contributed by atoms with Crippen molar-refractivity contribution in [3.8, 4) is 0 Å². The van der Waals surface area contributed by atoms with Crippen LogP contribution in [0, 0.1) is 5.92 Å². The number of nitrogens with one attached hydrogen (secondary N) is 1. The molecule has 0 bridgehead atoms. The molecule has 0 aromatic carbocycles. The summed E-state index contributed by atoms with van der Waals surface area (Å²) < 4.78 is 37.6. The highest BCUT2D eigenvalue weighted by Crippen LogP contribution is 2.32. The molecule has 100 valence electrons. The molecule has 4 nitrogen and oxygen atoms in total. The molecule has 3 N–H and O–H groups in total. The highest BCUT2D eigenvalue weighted by Gasteiger charge is 2.34. The molecule has 2 rings (SSSR count). The molecule has 1 aliphatic carbocycles. The van der Waals surface area contributed by atoms with Gasteiger partial charge in [0.05, 0.1) is 0 Å². The van der Waals surface area contributed by atoms with Gasteiger partial charge >= 0.3 is 6.18 Å². The summed E-state index contributed by atoms with van der Waals surface area (Å²) in [5.41, 5.74) is 4.28. The molecule has 0 radical (unpaired) electrons. The predicted octanol–water partition coefficient (Wildman–Crippen LogP) is 2.68. The lowest BCUT2D eigenvalue weighted by molar-refractivity contribution is -0.141. The second kappa shape index (κ2) is 4.62. The molecule has 1 aliphatic rings. The van der Waals surface area contributed by atoms with Gasteiger partial charge in [-0.1, -0.05) is 6.42 Å². The largest absolute Gasteiger partial charge is 0.433 e. The van der Waals surface area contributed by atoms with Crippen LogP contribution in [0.25, 0.3) is 0 Å². The molecule has 1 aromatic rings. The van der Waals surface area contributed by atoms with Gasteiger partial charge in [0.25, 0.3) is 0 Å². The lowest BCUT2D eigenvalue weighted by atomic mass is 9.80. The first-order valence-electron chi connectivity index (χ1n) is 5.84. The molecule has 1 heterocycles. The van der Waals surface area contributed by atoms with Crippen LogP contribution in [0.2, 0.25) is 0 Å². The first-order valence-corrected chi connectivity index (χ1v) is 5.84. The second-order valence-corrected chi connectivity index (χ2v) is 4.62. The standard InChI is InChI=1S/C11H15F3N4/c1-6(7-3-2-4-7)16-9-5-8(11(12,13)14)17-10(15)18-9/h5-7H,2-4H2,1H3,(H3,15,16,17,18). The summed E-state index contributed by atoms with van der Waals surface area (Å²) in [6.45, 7) is 1.94. The maximum Gasteiger partial charge on any atom is 0.433 e. The normalized spacial score (nSPS) is 18.2. The molecule has 0 saturated heterocycles. The SMILES string of the molecule is CC(Nc1cc(C(F)(F)F)nc(N)n1)C1CCC1. The first kappa shape index (κ1) is 12.9. The topological polar surface area (TPSA) is 63.8 Å². The van der Waals surface area contributed by atoms with Crippen molar-refractivity contribution >= 4 is 11.8 Å². The maximum absolute atomic E-state index is 12.5. The zero-order valence-electron chi connectivity index (χ0n) is 9.96. The zero-order chi connectivity index (χ0) is 13.3. The summed E-state index contributed by atoms with van der Waals surface area (Å²) in [7, 11) is 0. The molecule has 0 aliphatic heterocycles. The third-order valence-corrected chi connectivity index (χ3v) is 3.27. The Balaban J connectivity index is 2.14. The van der Waals surface area contributed by atoms with Gasteiger partial charge in [0.1, 0.15) is 5.82 Å². The number of nitrogens with zero attached hydrogens (tertiary/aromatic N) is 2. The average molecular weight is 260 g/mol. The van der Waals surface area contributed by atoms with E-state index < -0.39 is 11.9 Å².